The van der Waals surface area contributed by atoms with Crippen molar-refractivity contribution in [2.45, 2.75) is 135 Å². The van der Waals surface area contributed by atoms with Crippen molar-refractivity contribution in [1.29, 1.82) is 0 Å². The molecule has 0 spiro atoms. The highest BCUT2D eigenvalue weighted by atomic mass is 16.6. The molecule has 3 N–H and O–H groups in total. The molecule has 1 saturated heterocycles. The summed E-state index contributed by atoms with van der Waals surface area (Å²) in [5.74, 6) is 0. The van der Waals surface area contributed by atoms with Gasteiger partial charge in [0.1, 0.15) is 5.60 Å². The van der Waals surface area contributed by atoms with E-state index in [1.165, 1.54) is 70.6 Å². The van der Waals surface area contributed by atoms with Gasteiger partial charge in [0, 0.05) is 12.6 Å². The molecule has 0 aromatic rings. The Balaban J connectivity index is 2.01. The number of carbonyl (C=O) groups is 1. The zero-order valence-corrected chi connectivity index (χ0v) is 18.9. The van der Waals surface area contributed by atoms with Crippen molar-refractivity contribution in [1.82, 2.24) is 10.6 Å². The number of carbonyl (C=O) groups excluding carboxylic acids is 1. The van der Waals surface area contributed by atoms with E-state index in [-0.39, 0.29) is 6.04 Å². The maximum atomic E-state index is 11.9. The van der Waals surface area contributed by atoms with Crippen LogP contribution in [0.25, 0.3) is 0 Å². The molecule has 1 amide bonds. The van der Waals surface area contributed by atoms with Gasteiger partial charge in [-0.2, -0.15) is 0 Å². The van der Waals surface area contributed by atoms with E-state index < -0.39 is 17.8 Å². The lowest BCUT2D eigenvalue weighted by atomic mass is 9.93. The lowest BCUT2D eigenvalue weighted by molar-refractivity contribution is 0.0340. The minimum Gasteiger partial charge on any atom is -0.444 e. The number of nitrogens with one attached hydrogen (secondary N) is 2. The van der Waals surface area contributed by atoms with E-state index in [0.717, 1.165) is 6.42 Å². The van der Waals surface area contributed by atoms with Crippen LogP contribution in [0.1, 0.15) is 111 Å². The molecule has 0 unspecified atom stereocenters. The van der Waals surface area contributed by atoms with E-state index in [2.05, 4.69) is 17.6 Å². The first-order valence-corrected chi connectivity index (χ1v) is 11.7. The van der Waals surface area contributed by atoms with E-state index >= 15 is 0 Å². The molecule has 166 valence electrons. The topological polar surface area (TPSA) is 70.6 Å². The molecular formula is C23H46N2O3. The fourth-order valence-corrected chi connectivity index (χ4v) is 3.85. The summed E-state index contributed by atoms with van der Waals surface area (Å²) in [6, 6.07) is 0.0775. The Kier molecular flexibility index (Phi) is 12.8. The van der Waals surface area contributed by atoms with Crippen LogP contribution in [0.2, 0.25) is 0 Å². The minimum atomic E-state index is -0.519. The molecule has 3 atom stereocenters. The Bertz CT molecular complexity index is 409. The van der Waals surface area contributed by atoms with Crippen molar-refractivity contribution in [2.24, 2.45) is 0 Å². The van der Waals surface area contributed by atoms with Crippen LogP contribution in [0.4, 0.5) is 4.79 Å². The van der Waals surface area contributed by atoms with Crippen LogP contribution in [-0.2, 0) is 4.74 Å². The fourth-order valence-electron chi connectivity index (χ4n) is 3.85. The zero-order valence-electron chi connectivity index (χ0n) is 18.9. The van der Waals surface area contributed by atoms with Crippen molar-refractivity contribution >= 4 is 6.09 Å². The van der Waals surface area contributed by atoms with E-state index in [1.807, 2.05) is 20.8 Å². The molecular weight excluding hydrogens is 352 g/mol. The molecule has 0 aliphatic carbocycles. The molecule has 5 heteroatoms. The van der Waals surface area contributed by atoms with Gasteiger partial charge >= 0.3 is 6.09 Å². The average molecular weight is 399 g/mol. The van der Waals surface area contributed by atoms with Gasteiger partial charge in [-0.15, -0.1) is 0 Å². The number of ether oxygens (including phenoxy) is 1. The first kappa shape index (κ1) is 25.2. The van der Waals surface area contributed by atoms with Crippen molar-refractivity contribution in [3.63, 3.8) is 0 Å². The van der Waals surface area contributed by atoms with Crippen LogP contribution in [0.15, 0.2) is 0 Å². The van der Waals surface area contributed by atoms with E-state index in [1.54, 1.807) is 0 Å². The van der Waals surface area contributed by atoms with Crippen LogP contribution < -0.4 is 10.6 Å². The van der Waals surface area contributed by atoms with Crippen LogP contribution in [0, 0.1) is 0 Å². The molecule has 0 aromatic heterocycles. The third-order valence-electron chi connectivity index (χ3n) is 5.48. The van der Waals surface area contributed by atoms with Crippen molar-refractivity contribution in [3.05, 3.63) is 0 Å². The average Bonchev–Trinajstić information content (AvgIpc) is 2.60. The van der Waals surface area contributed by atoms with E-state index in [9.17, 15) is 9.90 Å². The van der Waals surface area contributed by atoms with Crippen LogP contribution in [0.3, 0.4) is 0 Å². The monoisotopic (exact) mass is 398 g/mol. The molecule has 0 bridgehead atoms. The maximum Gasteiger partial charge on any atom is 0.408 e. The summed E-state index contributed by atoms with van der Waals surface area (Å²) >= 11 is 0. The van der Waals surface area contributed by atoms with E-state index in [0.29, 0.717) is 19.0 Å². The predicted molar refractivity (Wildman–Crippen MR) is 117 cm³/mol. The Morgan fingerprint density at radius 3 is 2.04 bits per heavy atom. The second-order valence-electron chi connectivity index (χ2n) is 9.49. The number of hydrogen-bond donors (Lipinski definition) is 3. The van der Waals surface area contributed by atoms with Gasteiger partial charge in [0.2, 0.25) is 0 Å². The smallest absolute Gasteiger partial charge is 0.408 e. The molecule has 1 rings (SSSR count). The Labute approximate surface area is 173 Å². The number of rotatable bonds is 13. The van der Waals surface area contributed by atoms with Gasteiger partial charge < -0.3 is 20.5 Å². The summed E-state index contributed by atoms with van der Waals surface area (Å²) < 4.78 is 5.27. The molecule has 1 heterocycles. The molecule has 1 aliphatic heterocycles. The second kappa shape index (κ2) is 14.2. The highest BCUT2D eigenvalue weighted by molar-refractivity contribution is 5.68. The predicted octanol–water partition coefficient (Wildman–Crippen LogP) is 5.30. The highest BCUT2D eigenvalue weighted by Gasteiger charge is 2.30. The standard InChI is InChI=1S/C23H46N2O3/c1-5-6-7-8-9-10-11-12-13-14-15-16-19-17-21(26)20(18-24-19)25-22(27)28-23(2,3)4/h19-21,24,26H,5-18H2,1-4H3,(H,25,27)/t19-,20+,21-/m1/s1. The maximum absolute atomic E-state index is 11.9. The number of aliphatic hydroxyl groups is 1. The molecule has 0 aromatic carbocycles. The number of hydrogen-bond acceptors (Lipinski definition) is 4. The number of piperidine rings is 1. The third-order valence-corrected chi connectivity index (χ3v) is 5.48. The Morgan fingerprint density at radius 1 is 1.00 bits per heavy atom. The largest absolute Gasteiger partial charge is 0.444 e. The molecule has 5 nitrogen and oxygen atoms in total. The minimum absolute atomic E-state index is 0.275. The van der Waals surface area contributed by atoms with Gasteiger partial charge in [0.25, 0.3) is 0 Å². The van der Waals surface area contributed by atoms with Gasteiger partial charge in [-0.1, -0.05) is 77.6 Å². The molecule has 28 heavy (non-hydrogen) atoms. The quantitative estimate of drug-likeness (QED) is 0.368. The summed E-state index contributed by atoms with van der Waals surface area (Å²) in [5.41, 5.74) is -0.519. The molecule has 1 fully saturated rings. The number of amides is 1. The molecule has 0 saturated carbocycles. The second-order valence-corrected chi connectivity index (χ2v) is 9.49. The van der Waals surface area contributed by atoms with Crippen LogP contribution >= 0.6 is 0 Å². The van der Waals surface area contributed by atoms with Gasteiger partial charge in [0.05, 0.1) is 12.1 Å². The fraction of sp³-hybridized carbons (Fsp3) is 0.957. The Hall–Kier alpha value is -0.810. The lowest BCUT2D eigenvalue weighted by Crippen LogP contribution is -2.57. The number of alkyl carbamates (subject to hydrolysis) is 1. The highest BCUT2D eigenvalue weighted by Crippen LogP contribution is 2.17. The first-order chi connectivity index (χ1) is 13.3. The third kappa shape index (κ3) is 12.6. The SMILES string of the molecule is CCCCCCCCCCCCC[C@@H]1C[C@@H](O)[C@@H](NC(=O)OC(C)(C)C)CN1. The first-order valence-electron chi connectivity index (χ1n) is 11.7. The normalized spacial score (nSPS) is 22.8. The van der Waals surface area contributed by atoms with E-state index in [4.69, 9.17) is 4.74 Å². The summed E-state index contributed by atoms with van der Waals surface area (Å²) in [5, 5.41) is 16.6. The lowest BCUT2D eigenvalue weighted by Gasteiger charge is -2.35. The van der Waals surface area contributed by atoms with Crippen molar-refractivity contribution < 1.29 is 14.6 Å². The molecule has 1 aliphatic rings. The van der Waals surface area contributed by atoms with Crippen molar-refractivity contribution in [2.75, 3.05) is 6.54 Å². The van der Waals surface area contributed by atoms with Gasteiger partial charge in [-0.3, -0.25) is 0 Å². The summed E-state index contributed by atoms with van der Waals surface area (Å²) in [4.78, 5) is 11.9. The van der Waals surface area contributed by atoms with Gasteiger partial charge in [-0.05, 0) is 33.6 Å². The summed E-state index contributed by atoms with van der Waals surface area (Å²) in [6.07, 6.45) is 15.7. The summed E-state index contributed by atoms with van der Waals surface area (Å²) in [7, 11) is 0. The number of unbranched alkanes of at least 4 members (excludes halogenated alkanes) is 10. The van der Waals surface area contributed by atoms with Gasteiger partial charge in [0.15, 0.2) is 0 Å². The number of aliphatic hydroxyl groups excluding tert-OH is 1. The van der Waals surface area contributed by atoms with Crippen LogP contribution in [-0.4, -0.2) is 41.5 Å². The van der Waals surface area contributed by atoms with Crippen molar-refractivity contribution in [3.8, 4) is 0 Å². The molecule has 0 radical (unpaired) electrons. The van der Waals surface area contributed by atoms with Gasteiger partial charge in [-0.25, -0.2) is 4.79 Å². The van der Waals surface area contributed by atoms with Crippen LogP contribution in [0.5, 0.6) is 0 Å². The zero-order chi connectivity index (χ0) is 20.8. The Morgan fingerprint density at radius 2 is 1.54 bits per heavy atom. The summed E-state index contributed by atoms with van der Waals surface area (Å²) in [6.45, 7) is 8.38.